The highest BCUT2D eigenvalue weighted by Crippen LogP contribution is 2.11. The minimum absolute atomic E-state index is 0.634. The molecule has 1 saturated heterocycles. The SMILES string of the molecule is N#Cc1ccccc1CNCC1CCOC1. The van der Waals surface area contributed by atoms with E-state index in [2.05, 4.69) is 11.4 Å². The minimum Gasteiger partial charge on any atom is -0.381 e. The van der Waals surface area contributed by atoms with E-state index in [1.165, 1.54) is 0 Å². The van der Waals surface area contributed by atoms with Crippen molar-refractivity contribution in [1.82, 2.24) is 5.32 Å². The summed E-state index contributed by atoms with van der Waals surface area (Å²) in [6.07, 6.45) is 1.15. The van der Waals surface area contributed by atoms with Gasteiger partial charge in [-0.15, -0.1) is 0 Å². The summed E-state index contributed by atoms with van der Waals surface area (Å²) in [5.41, 5.74) is 1.83. The van der Waals surface area contributed by atoms with Crippen molar-refractivity contribution in [2.24, 2.45) is 5.92 Å². The summed E-state index contributed by atoms with van der Waals surface area (Å²) >= 11 is 0. The average molecular weight is 216 g/mol. The van der Waals surface area contributed by atoms with E-state index in [9.17, 15) is 0 Å². The zero-order valence-electron chi connectivity index (χ0n) is 9.28. The monoisotopic (exact) mass is 216 g/mol. The first kappa shape index (κ1) is 11.1. The summed E-state index contributed by atoms with van der Waals surface area (Å²) in [5.74, 6) is 0.634. The fraction of sp³-hybridized carbons (Fsp3) is 0.462. The minimum atomic E-state index is 0.634. The van der Waals surface area contributed by atoms with Gasteiger partial charge in [-0.1, -0.05) is 18.2 Å². The maximum absolute atomic E-state index is 8.93. The van der Waals surface area contributed by atoms with Crippen LogP contribution in [0.5, 0.6) is 0 Å². The Balaban J connectivity index is 1.82. The van der Waals surface area contributed by atoms with Crippen LogP contribution in [0.1, 0.15) is 17.5 Å². The van der Waals surface area contributed by atoms with Crippen molar-refractivity contribution in [3.05, 3.63) is 35.4 Å². The zero-order chi connectivity index (χ0) is 11.2. The predicted molar refractivity (Wildman–Crippen MR) is 61.8 cm³/mol. The molecule has 0 amide bonds. The summed E-state index contributed by atoms with van der Waals surface area (Å²) in [6.45, 7) is 3.49. The number of benzene rings is 1. The van der Waals surface area contributed by atoms with Gasteiger partial charge in [-0.3, -0.25) is 0 Å². The average Bonchev–Trinajstić information content (AvgIpc) is 2.83. The highest BCUT2D eigenvalue weighted by Gasteiger charge is 2.14. The Bertz CT molecular complexity index is 378. The van der Waals surface area contributed by atoms with Crippen molar-refractivity contribution in [3.8, 4) is 6.07 Å². The molecule has 84 valence electrons. The second kappa shape index (κ2) is 5.64. The number of rotatable bonds is 4. The van der Waals surface area contributed by atoms with Crippen molar-refractivity contribution in [1.29, 1.82) is 5.26 Å². The Morgan fingerprint density at radius 3 is 3.06 bits per heavy atom. The number of nitriles is 1. The molecule has 1 fully saturated rings. The third kappa shape index (κ3) is 2.82. The second-order valence-electron chi connectivity index (χ2n) is 4.13. The van der Waals surface area contributed by atoms with Crippen molar-refractivity contribution in [3.63, 3.8) is 0 Å². The molecule has 3 heteroatoms. The summed E-state index contributed by atoms with van der Waals surface area (Å²) < 4.78 is 5.31. The Labute approximate surface area is 96.0 Å². The van der Waals surface area contributed by atoms with Gasteiger partial charge >= 0.3 is 0 Å². The van der Waals surface area contributed by atoms with Crippen LogP contribution in [0.3, 0.4) is 0 Å². The number of hydrogen-bond donors (Lipinski definition) is 1. The van der Waals surface area contributed by atoms with Crippen LogP contribution >= 0.6 is 0 Å². The lowest BCUT2D eigenvalue weighted by atomic mass is 10.1. The molecule has 0 bridgehead atoms. The van der Waals surface area contributed by atoms with Gasteiger partial charge in [0.25, 0.3) is 0 Å². The summed E-state index contributed by atoms with van der Waals surface area (Å²) in [7, 11) is 0. The molecule has 1 N–H and O–H groups in total. The molecule has 1 unspecified atom stereocenters. The molecule has 0 aliphatic carbocycles. The van der Waals surface area contributed by atoms with Gasteiger partial charge in [0.15, 0.2) is 0 Å². The Hall–Kier alpha value is -1.37. The van der Waals surface area contributed by atoms with Crippen LogP contribution in [0.2, 0.25) is 0 Å². The van der Waals surface area contributed by atoms with E-state index < -0.39 is 0 Å². The van der Waals surface area contributed by atoms with Crippen molar-refractivity contribution in [2.45, 2.75) is 13.0 Å². The molecule has 1 aromatic carbocycles. The van der Waals surface area contributed by atoms with E-state index in [0.29, 0.717) is 5.92 Å². The van der Waals surface area contributed by atoms with E-state index in [1.807, 2.05) is 24.3 Å². The highest BCUT2D eigenvalue weighted by atomic mass is 16.5. The molecule has 1 aliphatic rings. The van der Waals surface area contributed by atoms with Crippen LogP contribution in [-0.4, -0.2) is 19.8 Å². The first-order valence-electron chi connectivity index (χ1n) is 5.66. The summed E-state index contributed by atoms with van der Waals surface area (Å²) in [4.78, 5) is 0. The van der Waals surface area contributed by atoms with Crippen LogP contribution in [0, 0.1) is 17.2 Å². The highest BCUT2D eigenvalue weighted by molar-refractivity contribution is 5.37. The third-order valence-corrected chi connectivity index (χ3v) is 2.91. The number of nitrogens with zero attached hydrogens (tertiary/aromatic N) is 1. The number of ether oxygens (including phenoxy) is 1. The summed E-state index contributed by atoms with van der Waals surface area (Å²) in [5, 5.41) is 12.3. The van der Waals surface area contributed by atoms with E-state index >= 15 is 0 Å². The van der Waals surface area contributed by atoms with Gasteiger partial charge in [-0.2, -0.15) is 5.26 Å². The van der Waals surface area contributed by atoms with Crippen molar-refractivity contribution >= 4 is 0 Å². The van der Waals surface area contributed by atoms with Crippen molar-refractivity contribution in [2.75, 3.05) is 19.8 Å². The van der Waals surface area contributed by atoms with E-state index in [-0.39, 0.29) is 0 Å². The molecule has 1 aliphatic heterocycles. The molecular weight excluding hydrogens is 200 g/mol. The van der Waals surface area contributed by atoms with E-state index in [0.717, 1.165) is 43.9 Å². The van der Waals surface area contributed by atoms with Gasteiger partial charge in [0.1, 0.15) is 0 Å². The predicted octanol–water partition coefficient (Wildman–Crippen LogP) is 1.68. The van der Waals surface area contributed by atoms with Gasteiger partial charge in [-0.05, 0) is 24.0 Å². The van der Waals surface area contributed by atoms with Crippen LogP contribution in [-0.2, 0) is 11.3 Å². The van der Waals surface area contributed by atoms with Crippen LogP contribution in [0.4, 0.5) is 0 Å². The van der Waals surface area contributed by atoms with E-state index in [4.69, 9.17) is 10.00 Å². The van der Waals surface area contributed by atoms with Crippen molar-refractivity contribution < 1.29 is 4.74 Å². The number of hydrogen-bond acceptors (Lipinski definition) is 3. The van der Waals surface area contributed by atoms with E-state index in [1.54, 1.807) is 0 Å². The second-order valence-corrected chi connectivity index (χ2v) is 4.13. The quantitative estimate of drug-likeness (QED) is 0.833. The molecule has 2 rings (SSSR count). The fourth-order valence-corrected chi connectivity index (χ4v) is 1.94. The van der Waals surface area contributed by atoms with Gasteiger partial charge in [0.2, 0.25) is 0 Å². The molecule has 1 aromatic rings. The maximum atomic E-state index is 8.93. The van der Waals surface area contributed by atoms with Gasteiger partial charge in [0, 0.05) is 19.7 Å². The fourth-order valence-electron chi connectivity index (χ4n) is 1.94. The maximum Gasteiger partial charge on any atom is 0.0995 e. The third-order valence-electron chi connectivity index (χ3n) is 2.91. The van der Waals surface area contributed by atoms with Gasteiger partial charge in [-0.25, -0.2) is 0 Å². The lowest BCUT2D eigenvalue weighted by Gasteiger charge is -2.10. The molecular formula is C13H16N2O. The molecule has 1 heterocycles. The molecule has 0 radical (unpaired) electrons. The largest absolute Gasteiger partial charge is 0.381 e. The van der Waals surface area contributed by atoms with Crippen LogP contribution < -0.4 is 5.32 Å². The Kier molecular flexibility index (Phi) is 3.92. The standard InChI is InChI=1S/C13H16N2O/c14-7-12-3-1-2-4-13(12)9-15-8-11-5-6-16-10-11/h1-4,11,15H,5-6,8-10H2. The lowest BCUT2D eigenvalue weighted by molar-refractivity contribution is 0.185. The molecule has 0 saturated carbocycles. The first-order chi connectivity index (χ1) is 7.90. The molecule has 3 nitrogen and oxygen atoms in total. The molecule has 0 spiro atoms. The smallest absolute Gasteiger partial charge is 0.0995 e. The van der Waals surface area contributed by atoms with Crippen LogP contribution in [0.25, 0.3) is 0 Å². The van der Waals surface area contributed by atoms with Crippen LogP contribution in [0.15, 0.2) is 24.3 Å². The first-order valence-corrected chi connectivity index (χ1v) is 5.66. The Morgan fingerprint density at radius 2 is 2.31 bits per heavy atom. The lowest BCUT2D eigenvalue weighted by Crippen LogP contribution is -2.22. The number of nitrogens with one attached hydrogen (secondary N) is 1. The van der Waals surface area contributed by atoms with Gasteiger partial charge in [0.05, 0.1) is 18.2 Å². The van der Waals surface area contributed by atoms with Gasteiger partial charge < -0.3 is 10.1 Å². The molecule has 1 atom stereocenters. The molecule has 16 heavy (non-hydrogen) atoms. The normalized spacial score (nSPS) is 19.6. The topological polar surface area (TPSA) is 45.0 Å². The zero-order valence-corrected chi connectivity index (χ0v) is 9.28. The molecule has 0 aromatic heterocycles. The summed E-state index contributed by atoms with van der Waals surface area (Å²) in [6, 6.07) is 9.93. The Morgan fingerprint density at radius 1 is 1.44 bits per heavy atom.